The Labute approximate surface area is 406 Å². The number of unbranched alkanes of at least 4 members (excludes halogenated alkanes) is 2. The van der Waals surface area contributed by atoms with Gasteiger partial charge in [0, 0.05) is 0 Å². The van der Waals surface area contributed by atoms with Gasteiger partial charge in [0.2, 0.25) is 0 Å². The summed E-state index contributed by atoms with van der Waals surface area (Å²) in [5.74, 6) is 0. The Hall–Kier alpha value is -3.87. The number of hydrogen-bond acceptors (Lipinski definition) is 0. The van der Waals surface area contributed by atoms with E-state index in [-0.39, 0.29) is 35.6 Å². The van der Waals surface area contributed by atoms with Crippen LogP contribution in [-0.4, -0.2) is 3.21 Å². The molecule has 330 valence electrons. The number of rotatable bonds is 14. The van der Waals surface area contributed by atoms with Crippen LogP contribution in [0.15, 0.2) is 155 Å². The molecule has 0 saturated heterocycles. The van der Waals surface area contributed by atoms with Crippen LogP contribution in [0.4, 0.5) is 0 Å². The fraction of sp³-hybridized carbons (Fsp3) is 0.328. The predicted molar refractivity (Wildman–Crippen MR) is 266 cm³/mol. The molecule has 6 aromatic carbocycles. The second-order valence-electron chi connectivity index (χ2n) is 20.1. The summed E-state index contributed by atoms with van der Waals surface area (Å²) < 4.78 is 3.87. The first kappa shape index (κ1) is 49.6. The molecule has 64 heavy (non-hydrogen) atoms. The molecule has 0 unspecified atom stereocenters. The van der Waals surface area contributed by atoms with Crippen LogP contribution >= 0.6 is 0 Å². The third-order valence-corrected chi connectivity index (χ3v) is 21.7. The molecule has 2 aliphatic carbocycles. The SMILES string of the molecule is CCCCc1ccccc1-c1cc2c(cc1C(C)(C)C)-c1cc(C(C)(C)C)c(-c3ccccc3CCCC)cc1[CH]2[Zr+2]([C]1=CC=CC1)=[C](Cc1ccccc1)Cc1ccccc1.[Cl-].[Cl-]. The maximum absolute atomic E-state index is 2.86. The van der Waals surface area contributed by atoms with Gasteiger partial charge in [0.1, 0.15) is 0 Å². The average molecular weight is 963 g/mol. The molecule has 0 radical (unpaired) electrons. The number of aryl methyl sites for hydroxylation is 2. The molecule has 3 heteroatoms. The van der Waals surface area contributed by atoms with E-state index in [9.17, 15) is 0 Å². The van der Waals surface area contributed by atoms with E-state index in [2.05, 4.69) is 207 Å². The van der Waals surface area contributed by atoms with Crippen LogP contribution in [0.5, 0.6) is 0 Å². The predicted octanol–water partition coefficient (Wildman–Crippen LogP) is 10.5. The molecule has 0 bridgehead atoms. The topological polar surface area (TPSA) is 0 Å². The normalized spacial score (nSPS) is 13.0. The first-order chi connectivity index (χ1) is 30.0. The standard InChI is InChI=1S/C41H49.C15H14.C5H5.2ClH.Zr/c1-9-11-17-28-19-13-15-21-32(28)36-24-30-23-31-25-37(33-22-16-14-20-29(33)18-12-10-2)39(41(6,7)8)27-35(31)34(30)26-38(36)40(3,4)5;1-3-8-14(9-4-1)12-7-13-15-10-5-2-6-11-15;1-2-4-5-3-1;;;/h13-16,19-27H,9-12,17-18H2,1-8H3;1-6,8-11H,12-13H2;1-3H,4H2;2*1H;/q;;;;;+2/p-2. The molecular weight excluding hydrogens is 895 g/mol. The largest absolute Gasteiger partial charge is 1.00 e. The van der Waals surface area contributed by atoms with Crippen LogP contribution < -0.4 is 24.8 Å². The molecule has 0 fully saturated rings. The summed E-state index contributed by atoms with van der Waals surface area (Å²) in [5.41, 5.74) is 20.5. The van der Waals surface area contributed by atoms with Gasteiger partial charge in [-0.2, -0.15) is 0 Å². The zero-order valence-corrected chi connectivity index (χ0v) is 43.6. The van der Waals surface area contributed by atoms with Gasteiger partial charge in [-0.05, 0) is 0 Å². The molecule has 0 nitrogen and oxygen atoms in total. The van der Waals surface area contributed by atoms with Crippen LogP contribution in [0.3, 0.4) is 0 Å². The molecule has 0 atom stereocenters. The molecule has 0 heterocycles. The van der Waals surface area contributed by atoms with Crippen molar-refractivity contribution in [1.82, 2.24) is 0 Å². The van der Waals surface area contributed by atoms with Crippen molar-refractivity contribution in [1.29, 1.82) is 0 Å². The van der Waals surface area contributed by atoms with Gasteiger partial charge in [-0.15, -0.1) is 0 Å². The van der Waals surface area contributed by atoms with E-state index in [1.807, 2.05) is 0 Å². The minimum absolute atomic E-state index is 0. The third-order valence-electron chi connectivity index (χ3n) is 13.4. The maximum Gasteiger partial charge on any atom is -1.00 e. The summed E-state index contributed by atoms with van der Waals surface area (Å²) >= 11 is -2.86. The van der Waals surface area contributed by atoms with Crippen molar-refractivity contribution in [3.8, 4) is 33.4 Å². The fourth-order valence-electron chi connectivity index (χ4n) is 10.3. The number of hydrogen-bond donors (Lipinski definition) is 0. The molecule has 6 aromatic rings. The molecule has 0 aromatic heterocycles. The van der Waals surface area contributed by atoms with E-state index in [0.29, 0.717) is 3.63 Å². The average Bonchev–Trinajstić information content (AvgIpc) is 3.91. The van der Waals surface area contributed by atoms with Crippen LogP contribution in [0, 0.1) is 0 Å². The van der Waals surface area contributed by atoms with E-state index in [1.165, 1.54) is 92.4 Å². The Kier molecular flexibility index (Phi) is 16.7. The van der Waals surface area contributed by atoms with Gasteiger partial charge in [0.05, 0.1) is 0 Å². The summed E-state index contributed by atoms with van der Waals surface area (Å²) in [5, 5.41) is 0. The maximum atomic E-state index is 2.74. The van der Waals surface area contributed by atoms with Gasteiger partial charge in [0.25, 0.3) is 0 Å². The smallest absolute Gasteiger partial charge is 1.00 e. The van der Waals surface area contributed by atoms with Crippen molar-refractivity contribution >= 4 is 3.21 Å². The van der Waals surface area contributed by atoms with Gasteiger partial charge in [-0.1, -0.05) is 0 Å². The van der Waals surface area contributed by atoms with E-state index < -0.39 is 21.3 Å². The van der Waals surface area contributed by atoms with Crippen LogP contribution in [0.1, 0.15) is 136 Å². The quantitative estimate of drug-likeness (QED) is 0.102. The third kappa shape index (κ3) is 10.7. The van der Waals surface area contributed by atoms with Gasteiger partial charge < -0.3 is 24.8 Å². The second kappa shape index (κ2) is 21.6. The molecule has 0 aliphatic heterocycles. The number of halogens is 2. The summed E-state index contributed by atoms with van der Waals surface area (Å²) in [4.78, 5) is 0. The molecule has 2 aliphatic rings. The van der Waals surface area contributed by atoms with Crippen LogP contribution in [0.2, 0.25) is 0 Å². The van der Waals surface area contributed by atoms with E-state index >= 15 is 0 Å². The monoisotopic (exact) mass is 960 g/mol. The Morgan fingerprint density at radius 3 is 1.33 bits per heavy atom. The van der Waals surface area contributed by atoms with Crippen molar-refractivity contribution in [3.63, 3.8) is 0 Å². The molecule has 0 amide bonds. The minimum atomic E-state index is -2.86. The van der Waals surface area contributed by atoms with Gasteiger partial charge in [0.15, 0.2) is 0 Å². The van der Waals surface area contributed by atoms with Crippen molar-refractivity contribution in [2.45, 2.75) is 128 Å². The zero-order chi connectivity index (χ0) is 43.4. The number of fused-ring (bicyclic) bond motifs is 3. The first-order valence-electron chi connectivity index (χ1n) is 23.7. The molecule has 0 spiro atoms. The summed E-state index contributed by atoms with van der Waals surface area (Å²) in [6.07, 6.45) is 17.5. The zero-order valence-electron chi connectivity index (χ0n) is 39.6. The van der Waals surface area contributed by atoms with E-state index in [1.54, 1.807) is 17.6 Å². The van der Waals surface area contributed by atoms with Crippen molar-refractivity contribution in [2.75, 3.05) is 0 Å². The summed E-state index contributed by atoms with van der Waals surface area (Å²) in [6, 6.07) is 52.3. The molecule has 0 N–H and O–H groups in total. The van der Waals surface area contributed by atoms with Crippen molar-refractivity contribution in [3.05, 3.63) is 199 Å². The van der Waals surface area contributed by atoms with Crippen molar-refractivity contribution in [2.24, 2.45) is 0 Å². The Morgan fingerprint density at radius 1 is 0.516 bits per heavy atom. The van der Waals surface area contributed by atoms with E-state index in [4.69, 9.17) is 0 Å². The van der Waals surface area contributed by atoms with Gasteiger partial charge in [-0.3, -0.25) is 0 Å². The molecule has 8 rings (SSSR count). The summed E-state index contributed by atoms with van der Waals surface area (Å²) in [7, 11) is 0. The molecular formula is C61H68Cl2Zr. The van der Waals surface area contributed by atoms with Gasteiger partial charge in [-0.25, -0.2) is 0 Å². The van der Waals surface area contributed by atoms with Crippen LogP contribution in [0.25, 0.3) is 33.4 Å². The second-order valence-corrected chi connectivity index (χ2v) is 26.9. The number of benzene rings is 6. The Balaban J connectivity index is 0.00000340. The van der Waals surface area contributed by atoms with Crippen LogP contribution in [-0.2, 0) is 57.8 Å². The minimum Gasteiger partial charge on any atom is -1.00 e. The van der Waals surface area contributed by atoms with Crippen molar-refractivity contribution < 1.29 is 46.1 Å². The summed E-state index contributed by atoms with van der Waals surface area (Å²) in [6.45, 7) is 19.2. The fourth-order valence-corrected chi connectivity index (χ4v) is 19.5. The Bertz CT molecular complexity index is 2470. The Morgan fingerprint density at radius 2 is 0.938 bits per heavy atom. The molecule has 0 saturated carbocycles. The number of allylic oxidation sites excluding steroid dienone is 4. The van der Waals surface area contributed by atoms with E-state index in [0.717, 1.165) is 32.1 Å². The first-order valence-corrected chi connectivity index (χ1v) is 27.5. The van der Waals surface area contributed by atoms with Gasteiger partial charge >= 0.3 is 385 Å².